The number of hydrogen-bond donors (Lipinski definition) is 1. The summed E-state index contributed by atoms with van der Waals surface area (Å²) in [6.45, 7) is 2.94. The van der Waals surface area contributed by atoms with Crippen molar-refractivity contribution in [2.45, 2.75) is 57.0 Å². The smallest absolute Gasteiger partial charge is 0.153 e. The van der Waals surface area contributed by atoms with Crippen LogP contribution in [0.25, 0.3) is 0 Å². The van der Waals surface area contributed by atoms with Crippen LogP contribution < -0.4 is 5.32 Å². The summed E-state index contributed by atoms with van der Waals surface area (Å²) < 4.78 is 23.4. The maximum absolute atomic E-state index is 11.7. The van der Waals surface area contributed by atoms with Gasteiger partial charge in [0.1, 0.15) is 0 Å². The van der Waals surface area contributed by atoms with Crippen molar-refractivity contribution < 1.29 is 8.42 Å². The third-order valence-electron chi connectivity index (χ3n) is 5.42. The van der Waals surface area contributed by atoms with E-state index in [0.29, 0.717) is 18.1 Å². The minimum atomic E-state index is -2.79. The summed E-state index contributed by atoms with van der Waals surface area (Å²) in [5.74, 6) is 1.58. The predicted octanol–water partition coefficient (Wildman–Crippen LogP) is 1.42. The van der Waals surface area contributed by atoms with Crippen molar-refractivity contribution >= 4 is 9.84 Å². The van der Waals surface area contributed by atoms with Crippen LogP contribution in [0.1, 0.15) is 44.9 Å². The fourth-order valence-corrected chi connectivity index (χ4v) is 5.87. The van der Waals surface area contributed by atoms with Crippen LogP contribution in [0.5, 0.6) is 0 Å². The van der Waals surface area contributed by atoms with Gasteiger partial charge in [-0.2, -0.15) is 0 Å². The van der Waals surface area contributed by atoms with E-state index >= 15 is 0 Å². The van der Waals surface area contributed by atoms with Gasteiger partial charge in [0.15, 0.2) is 9.84 Å². The van der Waals surface area contributed by atoms with Crippen LogP contribution in [0.15, 0.2) is 0 Å². The first kappa shape index (κ1) is 14.8. The Labute approximate surface area is 123 Å². The standard InChI is InChI=1S/C15H28N2O2S/c18-20(19)11-8-16-14(12-20)7-10-17-9-3-6-15(17)13-4-1-2-5-13/h13-16H,1-12H2. The van der Waals surface area contributed by atoms with Gasteiger partial charge in [0.05, 0.1) is 11.5 Å². The van der Waals surface area contributed by atoms with E-state index in [-0.39, 0.29) is 6.04 Å². The van der Waals surface area contributed by atoms with E-state index in [1.165, 1.54) is 45.1 Å². The van der Waals surface area contributed by atoms with Crippen LogP contribution in [0.4, 0.5) is 0 Å². The highest BCUT2D eigenvalue weighted by Gasteiger charge is 2.33. The van der Waals surface area contributed by atoms with Crippen molar-refractivity contribution in [3.63, 3.8) is 0 Å². The Hall–Kier alpha value is -0.130. The molecular formula is C15H28N2O2S. The Kier molecular flexibility index (Phi) is 4.68. The van der Waals surface area contributed by atoms with Gasteiger partial charge in [0, 0.05) is 18.6 Å². The fourth-order valence-electron chi connectivity index (χ4n) is 4.38. The first-order chi connectivity index (χ1) is 9.64. The molecule has 0 amide bonds. The molecule has 2 aliphatic heterocycles. The van der Waals surface area contributed by atoms with Crippen LogP contribution in [-0.2, 0) is 9.84 Å². The Morgan fingerprint density at radius 1 is 1.10 bits per heavy atom. The van der Waals surface area contributed by atoms with E-state index < -0.39 is 9.84 Å². The molecule has 0 aromatic rings. The number of likely N-dealkylation sites (tertiary alicyclic amines) is 1. The van der Waals surface area contributed by atoms with E-state index in [1.54, 1.807) is 0 Å². The molecule has 0 radical (unpaired) electrons. The Morgan fingerprint density at radius 3 is 2.65 bits per heavy atom. The molecular weight excluding hydrogens is 272 g/mol. The molecule has 2 unspecified atom stereocenters. The highest BCUT2D eigenvalue weighted by Crippen LogP contribution is 2.35. The molecule has 0 bridgehead atoms. The second-order valence-electron chi connectivity index (χ2n) is 6.84. The van der Waals surface area contributed by atoms with Crippen LogP contribution in [-0.4, -0.2) is 56.5 Å². The van der Waals surface area contributed by atoms with Crippen molar-refractivity contribution in [1.29, 1.82) is 0 Å². The average Bonchev–Trinajstić information content (AvgIpc) is 3.06. The van der Waals surface area contributed by atoms with Gasteiger partial charge in [-0.3, -0.25) is 0 Å². The molecule has 0 spiro atoms. The lowest BCUT2D eigenvalue weighted by Gasteiger charge is -2.31. The van der Waals surface area contributed by atoms with Gasteiger partial charge in [0.25, 0.3) is 0 Å². The third-order valence-corrected chi connectivity index (χ3v) is 7.16. The Morgan fingerprint density at radius 2 is 1.90 bits per heavy atom. The van der Waals surface area contributed by atoms with Crippen LogP contribution in [0.2, 0.25) is 0 Å². The molecule has 116 valence electrons. The van der Waals surface area contributed by atoms with Gasteiger partial charge in [-0.25, -0.2) is 8.42 Å². The molecule has 1 N–H and O–H groups in total. The van der Waals surface area contributed by atoms with E-state index in [0.717, 1.165) is 24.9 Å². The Balaban J connectivity index is 1.49. The molecule has 2 heterocycles. The normalized spacial score (nSPS) is 35.6. The number of rotatable bonds is 4. The lowest BCUT2D eigenvalue weighted by molar-refractivity contribution is 0.183. The van der Waals surface area contributed by atoms with E-state index in [1.807, 2.05) is 0 Å². The largest absolute Gasteiger partial charge is 0.312 e. The van der Waals surface area contributed by atoms with E-state index in [9.17, 15) is 8.42 Å². The molecule has 5 heteroatoms. The summed E-state index contributed by atoms with van der Waals surface area (Å²) in [7, 11) is -2.79. The molecule has 3 aliphatic rings. The molecule has 20 heavy (non-hydrogen) atoms. The average molecular weight is 300 g/mol. The SMILES string of the molecule is O=S1(=O)CCNC(CCN2CCCC2C2CCCC2)C1. The molecule has 2 saturated heterocycles. The maximum atomic E-state index is 11.7. The first-order valence-corrected chi connectivity index (χ1v) is 10.1. The summed E-state index contributed by atoms with van der Waals surface area (Å²) in [5.41, 5.74) is 0. The molecule has 0 aromatic heterocycles. The molecule has 4 nitrogen and oxygen atoms in total. The zero-order valence-electron chi connectivity index (χ0n) is 12.4. The van der Waals surface area contributed by atoms with Gasteiger partial charge in [-0.05, 0) is 51.1 Å². The number of nitrogens with zero attached hydrogens (tertiary/aromatic N) is 1. The van der Waals surface area contributed by atoms with Gasteiger partial charge in [-0.1, -0.05) is 12.8 Å². The minimum absolute atomic E-state index is 0.179. The van der Waals surface area contributed by atoms with Crippen LogP contribution in [0, 0.1) is 5.92 Å². The topological polar surface area (TPSA) is 49.4 Å². The summed E-state index contributed by atoms with van der Waals surface area (Å²) >= 11 is 0. The van der Waals surface area contributed by atoms with E-state index in [2.05, 4.69) is 10.2 Å². The van der Waals surface area contributed by atoms with E-state index in [4.69, 9.17) is 0 Å². The van der Waals surface area contributed by atoms with Crippen molar-refractivity contribution in [2.24, 2.45) is 5.92 Å². The van der Waals surface area contributed by atoms with Gasteiger partial charge >= 0.3 is 0 Å². The summed E-state index contributed by atoms with van der Waals surface area (Å²) in [5, 5.41) is 3.38. The quantitative estimate of drug-likeness (QED) is 0.853. The molecule has 2 atom stereocenters. The summed E-state index contributed by atoms with van der Waals surface area (Å²) in [4.78, 5) is 2.65. The second kappa shape index (κ2) is 6.32. The summed E-state index contributed by atoms with van der Waals surface area (Å²) in [6.07, 6.45) is 9.34. The summed E-state index contributed by atoms with van der Waals surface area (Å²) in [6, 6.07) is 0.969. The first-order valence-electron chi connectivity index (χ1n) is 8.32. The Bertz CT molecular complexity index is 418. The minimum Gasteiger partial charge on any atom is -0.312 e. The van der Waals surface area contributed by atoms with Crippen molar-refractivity contribution in [1.82, 2.24) is 10.2 Å². The van der Waals surface area contributed by atoms with Crippen molar-refractivity contribution in [3.05, 3.63) is 0 Å². The van der Waals surface area contributed by atoms with Crippen molar-refractivity contribution in [2.75, 3.05) is 31.1 Å². The highest BCUT2D eigenvalue weighted by molar-refractivity contribution is 7.91. The molecule has 0 aromatic carbocycles. The third kappa shape index (κ3) is 3.55. The zero-order valence-corrected chi connectivity index (χ0v) is 13.2. The monoisotopic (exact) mass is 300 g/mol. The second-order valence-corrected chi connectivity index (χ2v) is 9.07. The zero-order chi connectivity index (χ0) is 14.0. The molecule has 3 fully saturated rings. The van der Waals surface area contributed by atoms with Gasteiger partial charge in [-0.15, -0.1) is 0 Å². The molecule has 1 saturated carbocycles. The van der Waals surface area contributed by atoms with Crippen LogP contribution >= 0.6 is 0 Å². The highest BCUT2D eigenvalue weighted by atomic mass is 32.2. The molecule has 1 aliphatic carbocycles. The predicted molar refractivity (Wildman–Crippen MR) is 81.6 cm³/mol. The lowest BCUT2D eigenvalue weighted by Crippen LogP contribution is -2.47. The number of sulfone groups is 1. The fraction of sp³-hybridized carbons (Fsp3) is 1.00. The van der Waals surface area contributed by atoms with Gasteiger partial charge < -0.3 is 10.2 Å². The van der Waals surface area contributed by atoms with Crippen LogP contribution in [0.3, 0.4) is 0 Å². The lowest BCUT2D eigenvalue weighted by atomic mass is 9.96. The number of nitrogens with one attached hydrogen (secondary N) is 1. The van der Waals surface area contributed by atoms with Gasteiger partial charge in [0.2, 0.25) is 0 Å². The van der Waals surface area contributed by atoms with Crippen molar-refractivity contribution in [3.8, 4) is 0 Å². The maximum Gasteiger partial charge on any atom is 0.153 e. The number of hydrogen-bond acceptors (Lipinski definition) is 4. The molecule has 3 rings (SSSR count).